The van der Waals surface area contributed by atoms with Crippen LogP contribution in [0, 0.1) is 16.5 Å². The van der Waals surface area contributed by atoms with Gasteiger partial charge in [0, 0.05) is 25.7 Å². The number of nitrogens with two attached hydrogens (primary N) is 1. The number of aromatic nitrogens is 1. The Bertz CT molecular complexity index is 442. The minimum atomic E-state index is -1.07. The fourth-order valence-corrected chi connectivity index (χ4v) is 2.35. The molecule has 0 bridgehead atoms. The van der Waals surface area contributed by atoms with Crippen molar-refractivity contribution in [2.75, 3.05) is 6.54 Å². The average Bonchev–Trinajstić information content (AvgIpc) is 2.87. The van der Waals surface area contributed by atoms with Crippen LogP contribution in [0.4, 0.5) is 5.82 Å². The Labute approximate surface area is 106 Å². The van der Waals surface area contributed by atoms with E-state index in [1.165, 1.54) is 0 Å². The van der Waals surface area contributed by atoms with E-state index in [9.17, 15) is 5.21 Å². The lowest BCUT2D eigenvalue weighted by Crippen LogP contribution is -2.64. The van der Waals surface area contributed by atoms with Gasteiger partial charge in [-0.05, 0) is 18.9 Å². The van der Waals surface area contributed by atoms with Crippen molar-refractivity contribution in [1.29, 1.82) is 5.26 Å². The van der Waals surface area contributed by atoms with Crippen molar-refractivity contribution in [1.82, 2.24) is 14.6 Å². The summed E-state index contributed by atoms with van der Waals surface area (Å²) in [7, 11) is 0. The fraction of sp³-hybridized carbons (Fsp3) is 0.500. The molecule has 0 amide bonds. The molecule has 1 aromatic heterocycles. The molecule has 0 saturated carbocycles. The van der Waals surface area contributed by atoms with Crippen molar-refractivity contribution in [2.45, 2.75) is 32.0 Å². The smallest absolute Gasteiger partial charge is 0.248 e. The molecule has 0 aliphatic carbocycles. The number of pyridine rings is 1. The molecule has 1 fully saturated rings. The van der Waals surface area contributed by atoms with E-state index in [0.717, 1.165) is 19.4 Å². The van der Waals surface area contributed by atoms with E-state index >= 15 is 0 Å². The minimum absolute atomic E-state index is 0.223. The number of hydrogen-bond donors (Lipinski definition) is 1. The molecule has 0 aromatic carbocycles. The highest BCUT2D eigenvalue weighted by molar-refractivity contribution is 5.33. The van der Waals surface area contributed by atoms with Gasteiger partial charge >= 0.3 is 0 Å². The highest BCUT2D eigenvalue weighted by Gasteiger charge is 2.37. The van der Waals surface area contributed by atoms with Crippen LogP contribution in [0.5, 0.6) is 0 Å². The molecule has 3 atom stereocenters. The van der Waals surface area contributed by atoms with Crippen LogP contribution in [0.25, 0.3) is 0 Å². The molecule has 1 aliphatic heterocycles. The molecule has 96 valence electrons. The second-order valence-electron chi connectivity index (χ2n) is 4.55. The first-order chi connectivity index (χ1) is 8.57. The van der Waals surface area contributed by atoms with Gasteiger partial charge in [-0.3, -0.25) is 0 Å². The van der Waals surface area contributed by atoms with Gasteiger partial charge in [-0.1, -0.05) is 6.07 Å². The van der Waals surface area contributed by atoms with Crippen LogP contribution in [-0.4, -0.2) is 28.6 Å². The molecule has 6 heteroatoms. The Morgan fingerprint density at radius 2 is 2.44 bits per heavy atom. The summed E-state index contributed by atoms with van der Waals surface area (Å²) in [5.74, 6) is 6.10. The number of rotatable bonds is 3. The van der Waals surface area contributed by atoms with Crippen LogP contribution in [0.1, 0.15) is 19.8 Å². The lowest BCUT2D eigenvalue weighted by atomic mass is 10.2. The Balaban J connectivity index is 2.22. The van der Waals surface area contributed by atoms with Gasteiger partial charge in [-0.15, -0.1) is 0 Å². The zero-order chi connectivity index (χ0) is 13.2. The third-order valence-corrected chi connectivity index (χ3v) is 3.49. The van der Waals surface area contributed by atoms with Gasteiger partial charge < -0.3 is 5.21 Å². The van der Waals surface area contributed by atoms with E-state index in [-0.39, 0.29) is 11.9 Å². The van der Waals surface area contributed by atoms with Crippen molar-refractivity contribution < 1.29 is 0 Å². The summed E-state index contributed by atoms with van der Waals surface area (Å²) in [6.45, 7) is 2.48. The molecular formula is C12H17N5O. The van der Waals surface area contributed by atoms with Crippen LogP contribution in [0.3, 0.4) is 0 Å². The Hall–Kier alpha value is -1.52. The molecule has 1 aromatic rings. The number of likely N-dealkylation sites (tertiary alicyclic amines) is 1. The maximum absolute atomic E-state index is 12.6. The quantitative estimate of drug-likeness (QED) is 0.490. The van der Waals surface area contributed by atoms with Crippen LogP contribution in [-0.2, 0) is 0 Å². The maximum Gasteiger partial charge on any atom is 0.248 e. The summed E-state index contributed by atoms with van der Waals surface area (Å²) in [4.78, 5) is 5.88. The van der Waals surface area contributed by atoms with E-state index in [1.54, 1.807) is 31.3 Å². The highest BCUT2D eigenvalue weighted by Crippen LogP contribution is 2.26. The van der Waals surface area contributed by atoms with Gasteiger partial charge in [0.2, 0.25) is 5.82 Å². The maximum atomic E-state index is 12.6. The molecule has 18 heavy (non-hydrogen) atoms. The topological polar surface area (TPSA) is 89.0 Å². The zero-order valence-electron chi connectivity index (χ0n) is 10.4. The van der Waals surface area contributed by atoms with Gasteiger partial charge in [0.1, 0.15) is 6.04 Å². The second kappa shape index (κ2) is 5.00. The Kier molecular flexibility index (Phi) is 3.59. The molecule has 0 spiro atoms. The first-order valence-corrected chi connectivity index (χ1v) is 6.02. The monoisotopic (exact) mass is 247 g/mol. The van der Waals surface area contributed by atoms with E-state index in [0.29, 0.717) is 0 Å². The summed E-state index contributed by atoms with van der Waals surface area (Å²) < 4.78 is -1.07. The van der Waals surface area contributed by atoms with Gasteiger partial charge in [-0.2, -0.15) is 11.1 Å². The summed E-state index contributed by atoms with van der Waals surface area (Å²) >= 11 is 0. The van der Waals surface area contributed by atoms with Crippen LogP contribution >= 0.6 is 0 Å². The average molecular weight is 247 g/mol. The van der Waals surface area contributed by atoms with Gasteiger partial charge in [-0.25, -0.2) is 14.6 Å². The second-order valence-corrected chi connectivity index (χ2v) is 4.55. The number of hydroxylamine groups is 1. The molecule has 2 N–H and O–H groups in total. The van der Waals surface area contributed by atoms with Crippen LogP contribution < -0.4 is 10.6 Å². The standard InChI is InChI=1S/C12H17N5O/c1-10(16-8-4-5-11(16)9-13)17(14,18)12-6-2-3-7-15-12/h2-3,6-7,10-11H,4-5,8,14H2,1H3. The number of quaternary nitrogens is 1. The van der Waals surface area contributed by atoms with Gasteiger partial charge in [0.05, 0.1) is 6.07 Å². The molecule has 6 nitrogen and oxygen atoms in total. The first-order valence-electron chi connectivity index (χ1n) is 6.02. The molecule has 2 rings (SSSR count). The Morgan fingerprint density at radius 1 is 1.67 bits per heavy atom. The predicted octanol–water partition coefficient (Wildman–Crippen LogP) is 1.09. The Morgan fingerprint density at radius 3 is 3.06 bits per heavy atom. The zero-order valence-corrected chi connectivity index (χ0v) is 10.4. The molecule has 2 heterocycles. The lowest BCUT2D eigenvalue weighted by molar-refractivity contribution is 0.0964. The first kappa shape index (κ1) is 12.9. The molecule has 1 saturated heterocycles. The number of hydrogen-bond acceptors (Lipinski definition) is 5. The van der Waals surface area contributed by atoms with Crippen molar-refractivity contribution in [3.05, 3.63) is 29.6 Å². The van der Waals surface area contributed by atoms with Crippen molar-refractivity contribution in [3.63, 3.8) is 0 Å². The summed E-state index contributed by atoms with van der Waals surface area (Å²) in [5, 5.41) is 21.6. The lowest BCUT2D eigenvalue weighted by Gasteiger charge is -2.44. The van der Waals surface area contributed by atoms with E-state index in [4.69, 9.17) is 11.1 Å². The fourth-order valence-electron chi connectivity index (χ4n) is 2.35. The van der Waals surface area contributed by atoms with Crippen LogP contribution in [0.15, 0.2) is 24.4 Å². The van der Waals surface area contributed by atoms with Gasteiger partial charge in [0.25, 0.3) is 0 Å². The molecular weight excluding hydrogens is 230 g/mol. The van der Waals surface area contributed by atoms with E-state index in [1.807, 2.05) is 4.90 Å². The third-order valence-electron chi connectivity index (χ3n) is 3.49. The third kappa shape index (κ3) is 2.21. The largest absolute Gasteiger partial charge is 0.604 e. The summed E-state index contributed by atoms with van der Waals surface area (Å²) in [6.07, 6.45) is 2.74. The van der Waals surface area contributed by atoms with Gasteiger partial charge in [0.15, 0.2) is 6.17 Å². The van der Waals surface area contributed by atoms with Crippen molar-refractivity contribution in [2.24, 2.45) is 5.84 Å². The molecule has 0 radical (unpaired) electrons. The number of nitrogens with zero attached hydrogens (tertiary/aromatic N) is 4. The van der Waals surface area contributed by atoms with E-state index in [2.05, 4.69) is 11.1 Å². The van der Waals surface area contributed by atoms with Crippen molar-refractivity contribution >= 4 is 5.82 Å². The highest BCUT2D eigenvalue weighted by atomic mass is 16.6. The van der Waals surface area contributed by atoms with Crippen molar-refractivity contribution in [3.8, 4) is 6.07 Å². The predicted molar refractivity (Wildman–Crippen MR) is 68.4 cm³/mol. The minimum Gasteiger partial charge on any atom is -0.604 e. The summed E-state index contributed by atoms with van der Waals surface area (Å²) in [5.41, 5.74) is 0. The molecule has 3 unspecified atom stereocenters. The van der Waals surface area contributed by atoms with E-state index < -0.39 is 10.9 Å². The van der Waals surface area contributed by atoms with Crippen LogP contribution in [0.2, 0.25) is 0 Å². The number of nitriles is 1. The summed E-state index contributed by atoms with van der Waals surface area (Å²) in [6, 6.07) is 7.08. The normalized spacial score (nSPS) is 25.3. The SMILES string of the molecule is CC(N1CCCC1C#N)[N+](N)([O-])c1ccccn1. The molecule has 1 aliphatic rings.